The van der Waals surface area contributed by atoms with Crippen LogP contribution >= 0.6 is 0 Å². The fourth-order valence-corrected chi connectivity index (χ4v) is 4.21. The van der Waals surface area contributed by atoms with Crippen LogP contribution in [0, 0.1) is 11.6 Å². The van der Waals surface area contributed by atoms with Crippen LogP contribution in [-0.2, 0) is 11.2 Å². The van der Waals surface area contributed by atoms with Gasteiger partial charge in [-0.3, -0.25) is 4.98 Å². The summed E-state index contributed by atoms with van der Waals surface area (Å²) in [5.41, 5.74) is 8.81. The van der Waals surface area contributed by atoms with Gasteiger partial charge in [-0.25, -0.2) is 8.78 Å². The van der Waals surface area contributed by atoms with Crippen LogP contribution in [0.3, 0.4) is 0 Å². The average molecular weight is 454 g/mol. The molecule has 1 fully saturated rings. The Labute approximate surface area is 192 Å². The van der Waals surface area contributed by atoms with Gasteiger partial charge in [0.05, 0.1) is 25.3 Å². The lowest BCUT2D eigenvalue weighted by Crippen LogP contribution is -2.47. The summed E-state index contributed by atoms with van der Waals surface area (Å²) in [4.78, 5) is 4.43. The lowest BCUT2D eigenvalue weighted by molar-refractivity contribution is -0.0156. The number of nitrogens with one attached hydrogen (secondary N) is 1. The number of pyridine rings is 1. The van der Waals surface area contributed by atoms with E-state index in [1.54, 1.807) is 19.3 Å². The highest BCUT2D eigenvalue weighted by Crippen LogP contribution is 2.25. The zero-order valence-electron chi connectivity index (χ0n) is 18.6. The highest BCUT2D eigenvalue weighted by molar-refractivity contribution is 5.83. The first-order valence-corrected chi connectivity index (χ1v) is 11.2. The first-order chi connectivity index (χ1) is 16.0. The molecule has 3 atom stereocenters. The molecule has 0 radical (unpaired) electrons. The van der Waals surface area contributed by atoms with Gasteiger partial charge >= 0.3 is 0 Å². The van der Waals surface area contributed by atoms with Crippen LogP contribution in [0.2, 0.25) is 0 Å². The molecule has 0 amide bonds. The van der Waals surface area contributed by atoms with E-state index in [0.29, 0.717) is 19.6 Å². The van der Waals surface area contributed by atoms with Crippen LogP contribution in [0.4, 0.5) is 8.78 Å². The van der Waals surface area contributed by atoms with Gasteiger partial charge < -0.3 is 20.5 Å². The van der Waals surface area contributed by atoms with Gasteiger partial charge in [0, 0.05) is 35.8 Å². The molecule has 0 aliphatic carbocycles. The van der Waals surface area contributed by atoms with Crippen molar-refractivity contribution in [2.75, 3.05) is 20.3 Å². The van der Waals surface area contributed by atoms with Crippen LogP contribution in [0.1, 0.15) is 24.0 Å². The fraction of sp³-hybridized carbons (Fsp3) is 0.346. The first-order valence-electron chi connectivity index (χ1n) is 11.2. The SMILES string of the molecule is COc1ccc2nccc(C[C@@H](N)[C@@H]3CC[C@@H](NCC=Cc4cc(F)ccc4F)CO3)c2c1. The summed E-state index contributed by atoms with van der Waals surface area (Å²) >= 11 is 0. The second kappa shape index (κ2) is 10.8. The van der Waals surface area contributed by atoms with Crippen LogP contribution < -0.4 is 15.8 Å². The van der Waals surface area contributed by atoms with Crippen molar-refractivity contribution in [3.05, 3.63) is 77.5 Å². The summed E-state index contributed by atoms with van der Waals surface area (Å²) in [5, 5.41) is 4.43. The predicted octanol–water partition coefficient (Wildman–Crippen LogP) is 4.24. The zero-order chi connectivity index (χ0) is 23.2. The number of halogens is 2. The largest absolute Gasteiger partial charge is 0.497 e. The maximum atomic E-state index is 13.7. The number of rotatable bonds is 8. The number of aromatic nitrogens is 1. The van der Waals surface area contributed by atoms with Crippen LogP contribution in [0.15, 0.2) is 54.7 Å². The molecule has 1 aromatic heterocycles. The van der Waals surface area contributed by atoms with Gasteiger partial charge in [-0.15, -0.1) is 0 Å². The Hall–Kier alpha value is -2.87. The van der Waals surface area contributed by atoms with Gasteiger partial charge in [-0.1, -0.05) is 12.2 Å². The number of hydrogen-bond acceptors (Lipinski definition) is 5. The van der Waals surface area contributed by atoms with E-state index >= 15 is 0 Å². The van der Waals surface area contributed by atoms with E-state index in [2.05, 4.69) is 10.3 Å². The molecule has 0 spiro atoms. The van der Waals surface area contributed by atoms with Gasteiger partial charge in [0.15, 0.2) is 0 Å². The normalized spacial score (nSPS) is 19.8. The monoisotopic (exact) mass is 453 g/mol. The minimum absolute atomic E-state index is 0.0196. The van der Waals surface area contributed by atoms with Gasteiger partial charge in [0.2, 0.25) is 0 Å². The minimum Gasteiger partial charge on any atom is -0.497 e. The Morgan fingerprint density at radius 3 is 2.88 bits per heavy atom. The van der Waals surface area contributed by atoms with Crippen molar-refractivity contribution in [3.8, 4) is 5.75 Å². The zero-order valence-corrected chi connectivity index (χ0v) is 18.6. The second-order valence-corrected chi connectivity index (χ2v) is 8.34. The third-order valence-electron chi connectivity index (χ3n) is 6.06. The summed E-state index contributed by atoms with van der Waals surface area (Å²) in [5.74, 6) is -0.0980. The van der Waals surface area contributed by atoms with Gasteiger partial charge in [-0.2, -0.15) is 0 Å². The number of methoxy groups -OCH3 is 1. The Morgan fingerprint density at radius 2 is 2.09 bits per heavy atom. The van der Waals surface area contributed by atoms with Crippen LogP contribution in [0.5, 0.6) is 5.75 Å². The van der Waals surface area contributed by atoms with Crippen molar-refractivity contribution < 1.29 is 18.3 Å². The van der Waals surface area contributed by atoms with Crippen LogP contribution in [0.25, 0.3) is 17.0 Å². The molecule has 3 N–H and O–H groups in total. The van der Waals surface area contributed by atoms with Gasteiger partial charge in [0.25, 0.3) is 0 Å². The molecule has 7 heteroatoms. The molecule has 0 bridgehead atoms. The smallest absolute Gasteiger partial charge is 0.130 e. The molecule has 1 aliphatic rings. The van der Waals surface area contributed by atoms with E-state index < -0.39 is 11.6 Å². The Bertz CT molecular complexity index is 1110. The van der Waals surface area contributed by atoms with Crippen molar-refractivity contribution in [3.63, 3.8) is 0 Å². The summed E-state index contributed by atoms with van der Waals surface area (Å²) in [6.45, 7) is 1.11. The molecule has 33 heavy (non-hydrogen) atoms. The van der Waals surface area contributed by atoms with Crippen molar-refractivity contribution >= 4 is 17.0 Å². The number of ether oxygens (including phenoxy) is 2. The van der Waals surface area contributed by atoms with E-state index in [1.165, 1.54) is 6.07 Å². The standard InChI is InChI=1S/C26H29F2N3O2/c1-32-21-6-8-25-22(15-21)17(10-12-31-25)14-24(29)26-9-5-20(16-33-26)30-11-2-3-18-13-19(27)4-7-23(18)28/h2-4,6-8,10,12-13,15,20,24,26,30H,5,9,11,14,16,29H2,1H3/t20-,24-,26+/m1/s1. The Balaban J connectivity index is 1.27. The summed E-state index contributed by atoms with van der Waals surface area (Å²) in [7, 11) is 1.65. The van der Waals surface area contributed by atoms with Crippen molar-refractivity contribution in [2.24, 2.45) is 5.73 Å². The highest BCUT2D eigenvalue weighted by atomic mass is 19.1. The van der Waals surface area contributed by atoms with E-state index in [-0.39, 0.29) is 23.8 Å². The molecule has 174 valence electrons. The molecule has 1 aliphatic heterocycles. The molecule has 1 saturated heterocycles. The van der Waals surface area contributed by atoms with E-state index in [1.807, 2.05) is 30.5 Å². The third-order valence-corrected chi connectivity index (χ3v) is 6.06. The van der Waals surface area contributed by atoms with Gasteiger partial charge in [-0.05, 0) is 67.3 Å². The molecule has 5 nitrogen and oxygen atoms in total. The van der Waals surface area contributed by atoms with Crippen molar-refractivity contribution in [1.29, 1.82) is 0 Å². The maximum absolute atomic E-state index is 13.7. The van der Waals surface area contributed by atoms with E-state index in [4.69, 9.17) is 15.2 Å². The Kier molecular flexibility index (Phi) is 7.65. The number of nitrogens with two attached hydrogens (primary N) is 1. The molecular weight excluding hydrogens is 424 g/mol. The fourth-order valence-electron chi connectivity index (χ4n) is 4.21. The first kappa shape index (κ1) is 23.3. The summed E-state index contributed by atoms with van der Waals surface area (Å²) < 4.78 is 38.3. The predicted molar refractivity (Wildman–Crippen MR) is 126 cm³/mol. The summed E-state index contributed by atoms with van der Waals surface area (Å²) in [6, 6.07) is 11.3. The maximum Gasteiger partial charge on any atom is 0.130 e. The molecule has 0 unspecified atom stereocenters. The van der Waals surface area contributed by atoms with E-state index in [9.17, 15) is 8.78 Å². The molecule has 2 aromatic carbocycles. The average Bonchev–Trinajstić information content (AvgIpc) is 2.84. The molecular formula is C26H29F2N3O2. The summed E-state index contributed by atoms with van der Waals surface area (Å²) in [6.07, 6.45) is 7.64. The lowest BCUT2D eigenvalue weighted by Gasteiger charge is -2.33. The molecule has 4 rings (SSSR count). The highest BCUT2D eigenvalue weighted by Gasteiger charge is 2.26. The molecule has 2 heterocycles. The van der Waals surface area contributed by atoms with Crippen molar-refractivity contribution in [2.45, 2.75) is 37.5 Å². The molecule has 0 saturated carbocycles. The quantitative estimate of drug-likeness (QED) is 0.534. The number of nitrogens with zero attached hydrogens (tertiary/aromatic N) is 1. The number of benzene rings is 2. The second-order valence-electron chi connectivity index (χ2n) is 8.34. The molecule has 3 aromatic rings. The number of fused-ring (bicyclic) bond motifs is 1. The van der Waals surface area contributed by atoms with Crippen molar-refractivity contribution in [1.82, 2.24) is 10.3 Å². The topological polar surface area (TPSA) is 69.4 Å². The van der Waals surface area contributed by atoms with Gasteiger partial charge in [0.1, 0.15) is 17.4 Å². The minimum atomic E-state index is -0.453. The third kappa shape index (κ3) is 5.93. The lowest BCUT2D eigenvalue weighted by atomic mass is 9.94. The Morgan fingerprint density at radius 1 is 1.21 bits per heavy atom. The number of hydrogen-bond donors (Lipinski definition) is 2. The van der Waals surface area contributed by atoms with Crippen LogP contribution in [-0.4, -0.2) is 43.4 Å². The van der Waals surface area contributed by atoms with E-state index in [0.717, 1.165) is 47.2 Å².